The molecule has 3 aromatic rings. The Morgan fingerprint density at radius 1 is 0.960 bits per heavy atom. The Morgan fingerprint density at radius 2 is 1.76 bits per heavy atom. The second-order valence-corrected chi connectivity index (χ2v) is 5.48. The van der Waals surface area contributed by atoms with Crippen molar-refractivity contribution >= 4 is 34.5 Å². The molecule has 0 fully saturated rings. The summed E-state index contributed by atoms with van der Waals surface area (Å²) < 4.78 is 20.6. The zero-order chi connectivity index (χ0) is 18.0. The molecule has 0 spiro atoms. The number of hydrogen-bond acceptors (Lipinski definition) is 6. The first-order valence-corrected chi connectivity index (χ1v) is 7.57. The summed E-state index contributed by atoms with van der Waals surface area (Å²) in [6, 6.07) is 10.9. The fourth-order valence-electron chi connectivity index (χ4n) is 2.26. The molecule has 1 heterocycles. The molecule has 0 unspecified atom stereocenters. The molecule has 3 rings (SSSR count). The fraction of sp³-hybridized carbons (Fsp3) is 0.111. The second kappa shape index (κ2) is 6.86. The lowest BCUT2D eigenvalue weighted by molar-refractivity contribution is 0.0600. The third-order valence-corrected chi connectivity index (χ3v) is 3.70. The Balaban J connectivity index is 1.87. The van der Waals surface area contributed by atoms with Crippen molar-refractivity contribution in [3.63, 3.8) is 0 Å². The maximum atomic E-state index is 12.3. The molecule has 0 atom stereocenters. The predicted octanol–water partition coefficient (Wildman–Crippen LogP) is 4.10. The summed E-state index contributed by atoms with van der Waals surface area (Å²) in [4.78, 5) is 23.9. The molecule has 0 radical (unpaired) electrons. The smallest absolute Gasteiger partial charge is 0.379 e. The number of rotatable bonds is 4. The number of halogens is 1. The fourth-order valence-corrected chi connectivity index (χ4v) is 2.44. The summed E-state index contributed by atoms with van der Waals surface area (Å²) in [6.45, 7) is 0. The lowest BCUT2D eigenvalue weighted by Crippen LogP contribution is -2.09. The normalized spacial score (nSPS) is 10.5. The minimum Gasteiger partial charge on any atom is -0.493 e. The van der Waals surface area contributed by atoms with Gasteiger partial charge < -0.3 is 18.6 Å². The summed E-state index contributed by atoms with van der Waals surface area (Å²) in [5.74, 6) is -0.827. The SMILES string of the molecule is COC(=O)c1ccc(OC(=O)c2cc3cc(Cl)ccc3o2)c(OC)c1. The average molecular weight is 361 g/mol. The molecule has 128 valence electrons. The van der Waals surface area contributed by atoms with Gasteiger partial charge in [0.05, 0.1) is 19.8 Å². The van der Waals surface area contributed by atoms with E-state index in [1.54, 1.807) is 24.3 Å². The van der Waals surface area contributed by atoms with Gasteiger partial charge in [0.25, 0.3) is 0 Å². The average Bonchev–Trinajstić information content (AvgIpc) is 3.04. The molecule has 0 amide bonds. The van der Waals surface area contributed by atoms with E-state index in [9.17, 15) is 9.59 Å². The van der Waals surface area contributed by atoms with Gasteiger partial charge in [-0.2, -0.15) is 0 Å². The minimum atomic E-state index is -0.698. The van der Waals surface area contributed by atoms with Crippen molar-refractivity contribution in [3.8, 4) is 11.5 Å². The molecule has 0 aliphatic carbocycles. The van der Waals surface area contributed by atoms with Gasteiger partial charge in [-0.05, 0) is 42.5 Å². The molecule has 2 aromatic carbocycles. The Kier molecular flexibility index (Phi) is 4.63. The van der Waals surface area contributed by atoms with Crippen LogP contribution in [0.3, 0.4) is 0 Å². The molecule has 0 aliphatic rings. The first-order chi connectivity index (χ1) is 12.0. The number of esters is 2. The molecule has 6 nitrogen and oxygen atoms in total. The molecular formula is C18H13ClO6. The van der Waals surface area contributed by atoms with E-state index in [1.165, 1.54) is 32.4 Å². The monoisotopic (exact) mass is 360 g/mol. The zero-order valence-corrected chi connectivity index (χ0v) is 14.1. The van der Waals surface area contributed by atoms with Gasteiger partial charge in [-0.3, -0.25) is 0 Å². The summed E-state index contributed by atoms with van der Waals surface area (Å²) >= 11 is 5.92. The Morgan fingerprint density at radius 3 is 2.48 bits per heavy atom. The first kappa shape index (κ1) is 16.9. The van der Waals surface area contributed by atoms with Crippen LogP contribution in [0.15, 0.2) is 46.9 Å². The van der Waals surface area contributed by atoms with Crippen molar-refractivity contribution in [1.82, 2.24) is 0 Å². The lowest BCUT2D eigenvalue weighted by Gasteiger charge is -2.09. The summed E-state index contributed by atoms with van der Waals surface area (Å²) in [7, 11) is 2.67. The van der Waals surface area contributed by atoms with E-state index in [1.807, 2.05) is 0 Å². The van der Waals surface area contributed by atoms with Gasteiger partial charge in [0.2, 0.25) is 5.76 Å². The molecule has 0 saturated carbocycles. The quantitative estimate of drug-likeness (QED) is 0.515. The zero-order valence-electron chi connectivity index (χ0n) is 13.4. The van der Waals surface area contributed by atoms with Crippen LogP contribution in [0.2, 0.25) is 5.02 Å². The van der Waals surface area contributed by atoms with E-state index in [0.717, 1.165) is 0 Å². The summed E-state index contributed by atoms with van der Waals surface area (Å²) in [5, 5.41) is 1.22. The summed E-state index contributed by atoms with van der Waals surface area (Å²) in [5.41, 5.74) is 0.793. The van der Waals surface area contributed by atoms with Crippen LogP contribution < -0.4 is 9.47 Å². The highest BCUT2D eigenvalue weighted by molar-refractivity contribution is 6.31. The van der Waals surface area contributed by atoms with Crippen molar-refractivity contribution in [2.75, 3.05) is 14.2 Å². The minimum absolute atomic E-state index is 0.0244. The number of carbonyl (C=O) groups is 2. The Labute approximate surface area is 147 Å². The standard InChI is InChI=1S/C18H13ClO6/c1-22-15-8-10(17(20)23-2)3-5-14(15)25-18(21)16-9-11-7-12(19)4-6-13(11)24-16/h3-9H,1-2H3. The molecule has 7 heteroatoms. The van der Waals surface area contributed by atoms with E-state index in [4.69, 9.17) is 25.5 Å². The Bertz CT molecular complexity index is 959. The number of hydrogen-bond donors (Lipinski definition) is 0. The van der Waals surface area contributed by atoms with Crippen molar-refractivity contribution in [2.45, 2.75) is 0 Å². The van der Waals surface area contributed by atoms with Crippen LogP contribution in [0, 0.1) is 0 Å². The van der Waals surface area contributed by atoms with Crippen LogP contribution in [0.5, 0.6) is 11.5 Å². The van der Waals surface area contributed by atoms with Gasteiger partial charge in [0.15, 0.2) is 11.5 Å². The number of ether oxygens (including phenoxy) is 3. The van der Waals surface area contributed by atoms with E-state index in [0.29, 0.717) is 16.0 Å². The highest BCUT2D eigenvalue weighted by Crippen LogP contribution is 2.30. The topological polar surface area (TPSA) is 75.0 Å². The molecule has 0 bridgehead atoms. The molecular weight excluding hydrogens is 348 g/mol. The van der Waals surface area contributed by atoms with Gasteiger partial charge in [-0.15, -0.1) is 0 Å². The van der Waals surface area contributed by atoms with Crippen molar-refractivity contribution < 1.29 is 28.2 Å². The lowest BCUT2D eigenvalue weighted by atomic mass is 10.2. The number of fused-ring (bicyclic) bond motifs is 1. The maximum Gasteiger partial charge on any atom is 0.379 e. The van der Waals surface area contributed by atoms with Gasteiger partial charge in [0, 0.05) is 10.4 Å². The molecule has 1 aromatic heterocycles. The van der Waals surface area contributed by atoms with Gasteiger partial charge >= 0.3 is 11.9 Å². The number of furan rings is 1. The molecule has 0 aliphatic heterocycles. The molecule has 0 N–H and O–H groups in total. The third kappa shape index (κ3) is 3.44. The van der Waals surface area contributed by atoms with Gasteiger partial charge in [0.1, 0.15) is 5.58 Å². The Hall–Kier alpha value is -2.99. The van der Waals surface area contributed by atoms with Crippen molar-refractivity contribution in [2.24, 2.45) is 0 Å². The van der Waals surface area contributed by atoms with Crippen molar-refractivity contribution in [1.29, 1.82) is 0 Å². The van der Waals surface area contributed by atoms with Crippen LogP contribution in [0.25, 0.3) is 11.0 Å². The number of carbonyl (C=O) groups excluding carboxylic acids is 2. The maximum absolute atomic E-state index is 12.3. The molecule has 0 saturated heterocycles. The highest BCUT2D eigenvalue weighted by Gasteiger charge is 2.18. The number of methoxy groups -OCH3 is 2. The number of benzene rings is 2. The largest absolute Gasteiger partial charge is 0.493 e. The third-order valence-electron chi connectivity index (χ3n) is 3.47. The van der Waals surface area contributed by atoms with Gasteiger partial charge in [-0.25, -0.2) is 9.59 Å². The summed E-state index contributed by atoms with van der Waals surface area (Å²) in [6.07, 6.45) is 0. The van der Waals surface area contributed by atoms with Gasteiger partial charge in [-0.1, -0.05) is 11.6 Å². The predicted molar refractivity (Wildman–Crippen MR) is 90.5 cm³/mol. The van der Waals surface area contributed by atoms with Crippen molar-refractivity contribution in [3.05, 3.63) is 58.8 Å². The van der Waals surface area contributed by atoms with E-state index in [2.05, 4.69) is 4.74 Å². The van der Waals surface area contributed by atoms with Crippen LogP contribution in [0.4, 0.5) is 0 Å². The van der Waals surface area contributed by atoms with E-state index >= 15 is 0 Å². The highest BCUT2D eigenvalue weighted by atomic mass is 35.5. The van der Waals surface area contributed by atoms with E-state index in [-0.39, 0.29) is 22.8 Å². The van der Waals surface area contributed by atoms with E-state index < -0.39 is 11.9 Å². The first-order valence-electron chi connectivity index (χ1n) is 7.19. The molecule has 25 heavy (non-hydrogen) atoms. The van der Waals surface area contributed by atoms with Crippen LogP contribution in [-0.4, -0.2) is 26.2 Å². The second-order valence-electron chi connectivity index (χ2n) is 5.04. The van der Waals surface area contributed by atoms with Crippen LogP contribution in [0.1, 0.15) is 20.9 Å². The van der Waals surface area contributed by atoms with Crippen LogP contribution >= 0.6 is 11.6 Å². The van der Waals surface area contributed by atoms with Crippen LogP contribution in [-0.2, 0) is 4.74 Å².